The normalized spacial score (nSPS) is 17.3. The highest BCUT2D eigenvalue weighted by Crippen LogP contribution is 2.22. The molecule has 1 aliphatic carbocycles. The topological polar surface area (TPSA) is 35.0 Å². The van der Waals surface area contributed by atoms with Gasteiger partial charge in [-0.25, -0.2) is 4.98 Å². The molecule has 0 bridgehead atoms. The molecule has 76 valence electrons. The highest BCUT2D eigenvalue weighted by molar-refractivity contribution is 6.29. The molecule has 0 amide bonds. The van der Waals surface area contributed by atoms with Gasteiger partial charge in [0, 0.05) is 5.69 Å². The number of rotatable bonds is 2. The van der Waals surface area contributed by atoms with Gasteiger partial charge in [0.1, 0.15) is 11.3 Å². The van der Waals surface area contributed by atoms with E-state index in [1.807, 2.05) is 6.92 Å². The molecule has 0 atom stereocenters. The summed E-state index contributed by atoms with van der Waals surface area (Å²) in [6, 6.07) is 2.14. The Bertz CT molecular complexity index is 304. The molecule has 1 aromatic rings. The molecule has 4 heteroatoms. The van der Waals surface area contributed by atoms with Crippen LogP contribution in [-0.4, -0.2) is 16.1 Å². The number of ether oxygens (including phenoxy) is 1. The van der Waals surface area contributed by atoms with Crippen molar-refractivity contribution in [2.24, 2.45) is 0 Å². The third-order valence-corrected chi connectivity index (χ3v) is 2.57. The maximum atomic E-state index is 5.80. The Balaban J connectivity index is 2.07. The van der Waals surface area contributed by atoms with E-state index in [4.69, 9.17) is 16.3 Å². The first kappa shape index (κ1) is 9.71. The van der Waals surface area contributed by atoms with Crippen molar-refractivity contribution in [3.8, 4) is 6.01 Å². The van der Waals surface area contributed by atoms with Crippen LogP contribution in [0.1, 0.15) is 31.4 Å². The molecule has 0 aromatic carbocycles. The maximum Gasteiger partial charge on any atom is 0.318 e. The van der Waals surface area contributed by atoms with Crippen LogP contribution >= 0.6 is 11.6 Å². The Hall–Kier alpha value is -0.830. The molecule has 0 N–H and O–H groups in total. The Morgan fingerprint density at radius 1 is 1.36 bits per heavy atom. The van der Waals surface area contributed by atoms with E-state index in [-0.39, 0.29) is 6.10 Å². The number of hydrogen-bond acceptors (Lipinski definition) is 3. The van der Waals surface area contributed by atoms with Gasteiger partial charge in [-0.3, -0.25) is 0 Å². The average Bonchev–Trinajstić information content (AvgIpc) is 2.54. The van der Waals surface area contributed by atoms with E-state index in [1.165, 1.54) is 12.8 Å². The van der Waals surface area contributed by atoms with E-state index >= 15 is 0 Å². The summed E-state index contributed by atoms with van der Waals surface area (Å²) in [5.74, 6) is 0. The molecule has 1 aromatic heterocycles. The van der Waals surface area contributed by atoms with Crippen LogP contribution in [-0.2, 0) is 0 Å². The third-order valence-electron chi connectivity index (χ3n) is 2.38. The van der Waals surface area contributed by atoms with E-state index in [2.05, 4.69) is 9.97 Å². The average molecular weight is 213 g/mol. The summed E-state index contributed by atoms with van der Waals surface area (Å²) < 4.78 is 5.63. The van der Waals surface area contributed by atoms with Crippen molar-refractivity contribution in [1.82, 2.24) is 9.97 Å². The van der Waals surface area contributed by atoms with Crippen LogP contribution in [0.3, 0.4) is 0 Å². The van der Waals surface area contributed by atoms with Gasteiger partial charge in [-0.2, -0.15) is 4.98 Å². The van der Waals surface area contributed by atoms with Crippen molar-refractivity contribution in [3.05, 3.63) is 16.9 Å². The monoisotopic (exact) mass is 212 g/mol. The second kappa shape index (κ2) is 4.13. The molecule has 1 saturated carbocycles. The first-order chi connectivity index (χ1) is 6.74. The maximum absolute atomic E-state index is 5.80. The zero-order valence-electron chi connectivity index (χ0n) is 8.16. The predicted molar refractivity (Wildman–Crippen MR) is 54.7 cm³/mol. The van der Waals surface area contributed by atoms with Gasteiger partial charge >= 0.3 is 6.01 Å². The van der Waals surface area contributed by atoms with Crippen LogP contribution < -0.4 is 4.74 Å². The number of nitrogens with zero attached hydrogens (tertiary/aromatic N) is 2. The van der Waals surface area contributed by atoms with E-state index in [0.717, 1.165) is 18.5 Å². The number of aromatic nitrogens is 2. The standard InChI is InChI=1S/C10H13ClN2O/c1-7-6-9(11)13-10(12-7)14-8-4-2-3-5-8/h6,8H,2-5H2,1H3. The van der Waals surface area contributed by atoms with Gasteiger partial charge in [-0.15, -0.1) is 0 Å². The Morgan fingerprint density at radius 2 is 2.07 bits per heavy atom. The number of aryl methyl sites for hydroxylation is 1. The molecule has 14 heavy (non-hydrogen) atoms. The molecule has 1 heterocycles. The quantitative estimate of drug-likeness (QED) is 0.708. The molecular weight excluding hydrogens is 200 g/mol. The van der Waals surface area contributed by atoms with Gasteiger partial charge in [-0.1, -0.05) is 11.6 Å². The van der Waals surface area contributed by atoms with Gasteiger partial charge in [0.2, 0.25) is 0 Å². The second-order valence-corrected chi connectivity index (χ2v) is 4.03. The summed E-state index contributed by atoms with van der Waals surface area (Å²) in [5.41, 5.74) is 0.845. The van der Waals surface area contributed by atoms with Crippen molar-refractivity contribution in [2.75, 3.05) is 0 Å². The molecule has 2 rings (SSSR count). The van der Waals surface area contributed by atoms with Gasteiger partial charge in [0.25, 0.3) is 0 Å². The molecule has 3 nitrogen and oxygen atoms in total. The van der Waals surface area contributed by atoms with Crippen LogP contribution in [0, 0.1) is 6.92 Å². The van der Waals surface area contributed by atoms with Crippen molar-refractivity contribution < 1.29 is 4.74 Å². The lowest BCUT2D eigenvalue weighted by atomic mass is 10.3. The molecular formula is C10H13ClN2O. The molecule has 0 aliphatic heterocycles. The second-order valence-electron chi connectivity index (χ2n) is 3.64. The van der Waals surface area contributed by atoms with Crippen LogP contribution in [0.2, 0.25) is 5.15 Å². The molecule has 0 radical (unpaired) electrons. The van der Waals surface area contributed by atoms with E-state index in [1.54, 1.807) is 6.07 Å². The summed E-state index contributed by atoms with van der Waals surface area (Å²) in [6.07, 6.45) is 4.98. The number of hydrogen-bond donors (Lipinski definition) is 0. The van der Waals surface area contributed by atoms with Crippen LogP contribution in [0.25, 0.3) is 0 Å². The number of halogens is 1. The molecule has 1 fully saturated rings. The largest absolute Gasteiger partial charge is 0.460 e. The zero-order chi connectivity index (χ0) is 9.97. The summed E-state index contributed by atoms with van der Waals surface area (Å²) in [5, 5.41) is 0.450. The Labute approximate surface area is 88.5 Å². The minimum Gasteiger partial charge on any atom is -0.460 e. The molecule has 0 spiro atoms. The van der Waals surface area contributed by atoms with Crippen LogP contribution in [0.5, 0.6) is 6.01 Å². The highest BCUT2D eigenvalue weighted by Gasteiger charge is 2.17. The first-order valence-corrected chi connectivity index (χ1v) is 5.30. The fourth-order valence-corrected chi connectivity index (χ4v) is 1.94. The SMILES string of the molecule is Cc1cc(Cl)nc(OC2CCCC2)n1. The summed E-state index contributed by atoms with van der Waals surface area (Å²) in [4.78, 5) is 8.21. The van der Waals surface area contributed by atoms with Crippen molar-refractivity contribution in [3.63, 3.8) is 0 Å². The Kier molecular flexibility index (Phi) is 2.87. The summed E-state index contributed by atoms with van der Waals surface area (Å²) >= 11 is 5.80. The molecule has 1 aliphatic rings. The van der Waals surface area contributed by atoms with Gasteiger partial charge in [-0.05, 0) is 38.7 Å². The highest BCUT2D eigenvalue weighted by atomic mass is 35.5. The smallest absolute Gasteiger partial charge is 0.318 e. The lowest BCUT2D eigenvalue weighted by Gasteiger charge is -2.11. The van der Waals surface area contributed by atoms with Crippen LogP contribution in [0.4, 0.5) is 0 Å². The Morgan fingerprint density at radius 3 is 2.71 bits per heavy atom. The van der Waals surface area contributed by atoms with Crippen molar-refractivity contribution in [1.29, 1.82) is 0 Å². The third kappa shape index (κ3) is 2.35. The van der Waals surface area contributed by atoms with Crippen molar-refractivity contribution >= 4 is 11.6 Å². The fourth-order valence-electron chi connectivity index (χ4n) is 1.71. The lowest BCUT2D eigenvalue weighted by Crippen LogP contribution is -2.13. The lowest BCUT2D eigenvalue weighted by molar-refractivity contribution is 0.192. The first-order valence-electron chi connectivity index (χ1n) is 4.92. The predicted octanol–water partition coefficient (Wildman–Crippen LogP) is 2.76. The zero-order valence-corrected chi connectivity index (χ0v) is 8.92. The molecule has 0 unspecified atom stereocenters. The molecule has 0 saturated heterocycles. The van der Waals surface area contributed by atoms with Crippen molar-refractivity contribution in [2.45, 2.75) is 38.7 Å². The fraction of sp³-hybridized carbons (Fsp3) is 0.600. The van der Waals surface area contributed by atoms with E-state index in [9.17, 15) is 0 Å². The van der Waals surface area contributed by atoms with Gasteiger partial charge in [0.15, 0.2) is 0 Å². The summed E-state index contributed by atoms with van der Waals surface area (Å²) in [7, 11) is 0. The van der Waals surface area contributed by atoms with Gasteiger partial charge in [0.05, 0.1) is 0 Å². The van der Waals surface area contributed by atoms with E-state index in [0.29, 0.717) is 11.2 Å². The minimum absolute atomic E-state index is 0.285. The summed E-state index contributed by atoms with van der Waals surface area (Å²) in [6.45, 7) is 1.88. The van der Waals surface area contributed by atoms with Gasteiger partial charge < -0.3 is 4.74 Å². The van der Waals surface area contributed by atoms with E-state index < -0.39 is 0 Å². The van der Waals surface area contributed by atoms with Crippen LogP contribution in [0.15, 0.2) is 6.07 Å². The minimum atomic E-state index is 0.285.